The molecule has 3 heterocycles. The Balaban J connectivity index is 1.67. The lowest BCUT2D eigenvalue weighted by Crippen LogP contribution is -2.31. The highest BCUT2D eigenvalue weighted by Crippen LogP contribution is 2.44. The number of piperidine rings is 1. The highest BCUT2D eigenvalue weighted by molar-refractivity contribution is 7.96. The zero-order valence-corrected chi connectivity index (χ0v) is 23.8. The Morgan fingerprint density at radius 2 is 1.95 bits per heavy atom. The van der Waals surface area contributed by atoms with Crippen LogP contribution in [0.25, 0.3) is 11.4 Å². The van der Waals surface area contributed by atoms with Gasteiger partial charge < -0.3 is 10.2 Å². The van der Waals surface area contributed by atoms with Gasteiger partial charge in [0.1, 0.15) is 12.0 Å². The summed E-state index contributed by atoms with van der Waals surface area (Å²) in [6.45, 7) is 11.0. The van der Waals surface area contributed by atoms with E-state index in [9.17, 15) is 4.79 Å². The van der Waals surface area contributed by atoms with Crippen molar-refractivity contribution in [1.29, 1.82) is 0 Å². The predicted octanol–water partition coefficient (Wildman–Crippen LogP) is 4.66. The van der Waals surface area contributed by atoms with Gasteiger partial charge in [-0.05, 0) is 65.0 Å². The molecule has 0 radical (unpaired) electrons. The molecule has 1 aliphatic carbocycles. The molecule has 10 heteroatoms. The normalized spacial score (nSPS) is 18.1. The topological polar surface area (TPSA) is 99.5 Å². The van der Waals surface area contributed by atoms with E-state index in [4.69, 9.17) is 9.97 Å². The SMILES string of the molecule is CC[C@@H](C)N(C)c1nc(-c2c(C)ncnc2C2CC2)nc(C)c1NC(C=O)=NCC1CCN(SC)CC1. The van der Waals surface area contributed by atoms with E-state index in [0.29, 0.717) is 30.0 Å². The molecule has 0 unspecified atom stereocenters. The molecule has 9 nitrogen and oxygen atoms in total. The van der Waals surface area contributed by atoms with Crippen LogP contribution in [0.4, 0.5) is 11.5 Å². The van der Waals surface area contributed by atoms with Gasteiger partial charge in [0.2, 0.25) is 0 Å². The van der Waals surface area contributed by atoms with E-state index < -0.39 is 0 Å². The van der Waals surface area contributed by atoms with Gasteiger partial charge in [0, 0.05) is 38.6 Å². The summed E-state index contributed by atoms with van der Waals surface area (Å²) >= 11 is 1.80. The second-order valence-electron chi connectivity index (χ2n) is 10.2. The number of aromatic nitrogens is 4. The van der Waals surface area contributed by atoms with Crippen molar-refractivity contribution >= 4 is 35.6 Å². The summed E-state index contributed by atoms with van der Waals surface area (Å²) < 4.78 is 2.38. The zero-order chi connectivity index (χ0) is 26.5. The van der Waals surface area contributed by atoms with E-state index in [2.05, 4.69) is 49.6 Å². The smallest absolute Gasteiger partial charge is 0.185 e. The summed E-state index contributed by atoms with van der Waals surface area (Å²) in [6, 6.07) is 0.247. The van der Waals surface area contributed by atoms with E-state index >= 15 is 0 Å². The molecule has 2 aliphatic rings. The quantitative estimate of drug-likeness (QED) is 0.206. The lowest BCUT2D eigenvalue weighted by atomic mass is 9.98. The molecule has 4 rings (SSSR count). The van der Waals surface area contributed by atoms with Crippen molar-refractivity contribution in [2.45, 2.75) is 71.8 Å². The van der Waals surface area contributed by atoms with Gasteiger partial charge in [0.05, 0.1) is 22.6 Å². The maximum atomic E-state index is 12.0. The zero-order valence-electron chi connectivity index (χ0n) is 23.0. The molecule has 200 valence electrons. The number of nitrogens with zero attached hydrogens (tertiary/aromatic N) is 7. The van der Waals surface area contributed by atoms with Crippen LogP contribution in [-0.4, -0.2) is 75.3 Å². The average molecular weight is 525 g/mol. The Hall–Kier alpha value is -2.59. The second kappa shape index (κ2) is 12.3. The van der Waals surface area contributed by atoms with Crippen molar-refractivity contribution in [3.05, 3.63) is 23.4 Å². The molecule has 0 aromatic carbocycles. The van der Waals surface area contributed by atoms with E-state index in [-0.39, 0.29) is 6.04 Å². The van der Waals surface area contributed by atoms with Crippen LogP contribution in [0.5, 0.6) is 0 Å². The van der Waals surface area contributed by atoms with Gasteiger partial charge in [-0.2, -0.15) is 0 Å². The minimum Gasteiger partial charge on any atom is -0.355 e. The lowest BCUT2D eigenvalue weighted by Gasteiger charge is -2.29. The van der Waals surface area contributed by atoms with E-state index in [1.807, 2.05) is 20.9 Å². The number of anilines is 2. The fourth-order valence-corrected chi connectivity index (χ4v) is 5.30. The number of carbonyl (C=O) groups is 1. The molecule has 0 amide bonds. The highest BCUT2D eigenvalue weighted by atomic mass is 32.2. The molecule has 0 bridgehead atoms. The van der Waals surface area contributed by atoms with Gasteiger partial charge >= 0.3 is 0 Å². The van der Waals surface area contributed by atoms with Crippen molar-refractivity contribution < 1.29 is 4.79 Å². The number of carbonyl (C=O) groups excluding carboxylic acids is 1. The third-order valence-corrected chi connectivity index (χ3v) is 8.51. The van der Waals surface area contributed by atoms with Gasteiger partial charge in [0.15, 0.2) is 23.8 Å². The van der Waals surface area contributed by atoms with Crippen molar-refractivity contribution in [1.82, 2.24) is 24.2 Å². The van der Waals surface area contributed by atoms with Gasteiger partial charge in [0.25, 0.3) is 0 Å². The van der Waals surface area contributed by atoms with Crippen molar-refractivity contribution in [2.24, 2.45) is 10.9 Å². The minimum atomic E-state index is 0.247. The molecular formula is C27H40N8OS. The fourth-order valence-electron chi connectivity index (χ4n) is 4.72. The van der Waals surface area contributed by atoms with Crippen molar-refractivity contribution in [3.8, 4) is 11.4 Å². The molecule has 37 heavy (non-hydrogen) atoms. The number of aldehydes is 1. The van der Waals surface area contributed by atoms with Crippen LogP contribution >= 0.6 is 11.9 Å². The maximum absolute atomic E-state index is 12.0. The summed E-state index contributed by atoms with van der Waals surface area (Å²) in [5.74, 6) is 2.65. The van der Waals surface area contributed by atoms with Crippen molar-refractivity contribution in [2.75, 3.05) is 43.2 Å². The minimum absolute atomic E-state index is 0.247. The van der Waals surface area contributed by atoms with Gasteiger partial charge in [-0.15, -0.1) is 0 Å². The third kappa shape index (κ3) is 6.46. The number of nitrogens with one attached hydrogen (secondary N) is 1. The van der Waals surface area contributed by atoms with Crippen LogP contribution in [0, 0.1) is 19.8 Å². The standard InChI is InChI=1S/C27H40N8OS/c1-7-17(2)34(5)27-24(32-22(15-36)28-14-20-10-12-35(37-6)13-11-20)19(4)31-26(33-27)23-18(3)29-16-30-25(23)21-8-9-21/h15-17,20-21H,7-14H2,1-6H3,(H,28,32)/t17-/m1/s1. The first-order chi connectivity index (χ1) is 17.9. The Kier molecular flexibility index (Phi) is 9.13. The molecule has 0 spiro atoms. The first kappa shape index (κ1) is 27.4. The van der Waals surface area contributed by atoms with Crippen molar-refractivity contribution in [3.63, 3.8) is 0 Å². The third-order valence-electron chi connectivity index (χ3n) is 7.63. The number of aliphatic imine (C=N–C) groups is 1. The first-order valence-electron chi connectivity index (χ1n) is 13.3. The number of hydrogen-bond donors (Lipinski definition) is 1. The molecule has 2 aromatic heterocycles. The molecular weight excluding hydrogens is 484 g/mol. The lowest BCUT2D eigenvalue weighted by molar-refractivity contribution is -0.102. The van der Waals surface area contributed by atoms with E-state index in [0.717, 1.165) is 85.6 Å². The second-order valence-corrected chi connectivity index (χ2v) is 11.1. The summed E-state index contributed by atoms with van der Waals surface area (Å²) in [5.41, 5.74) is 4.34. The fraction of sp³-hybridized carbons (Fsp3) is 0.630. The van der Waals surface area contributed by atoms with Crippen LogP contribution in [0.2, 0.25) is 0 Å². The summed E-state index contributed by atoms with van der Waals surface area (Å²) in [5, 5.41) is 3.30. The van der Waals surface area contributed by atoms with Gasteiger partial charge in [-0.1, -0.05) is 18.9 Å². The maximum Gasteiger partial charge on any atom is 0.185 e. The average Bonchev–Trinajstić information content (AvgIpc) is 3.76. The molecule has 1 saturated heterocycles. The van der Waals surface area contributed by atoms with Crippen LogP contribution in [0.1, 0.15) is 69.0 Å². The summed E-state index contributed by atoms with van der Waals surface area (Å²) in [7, 11) is 2.04. The summed E-state index contributed by atoms with van der Waals surface area (Å²) in [6.07, 6.45) is 9.98. The molecule has 2 fully saturated rings. The monoisotopic (exact) mass is 524 g/mol. The van der Waals surface area contributed by atoms with Gasteiger partial charge in [-0.25, -0.2) is 19.9 Å². The molecule has 2 aromatic rings. The number of aryl methyl sites for hydroxylation is 2. The Labute approximate surface area is 225 Å². The van der Waals surface area contributed by atoms with Crippen LogP contribution < -0.4 is 10.2 Å². The van der Waals surface area contributed by atoms with Crippen LogP contribution in [0.3, 0.4) is 0 Å². The van der Waals surface area contributed by atoms with E-state index in [1.54, 1.807) is 18.3 Å². The molecule has 1 saturated carbocycles. The number of hydrogen-bond acceptors (Lipinski definition) is 9. The Morgan fingerprint density at radius 3 is 2.57 bits per heavy atom. The Bertz CT molecular complexity index is 1130. The molecule has 1 atom stereocenters. The first-order valence-corrected chi connectivity index (χ1v) is 14.5. The predicted molar refractivity (Wildman–Crippen MR) is 152 cm³/mol. The van der Waals surface area contributed by atoms with Crippen LogP contribution in [0.15, 0.2) is 11.3 Å². The number of amidine groups is 1. The highest BCUT2D eigenvalue weighted by Gasteiger charge is 2.31. The molecule has 1 N–H and O–H groups in total. The largest absolute Gasteiger partial charge is 0.355 e. The number of rotatable bonds is 10. The molecule has 1 aliphatic heterocycles. The van der Waals surface area contributed by atoms with E-state index in [1.165, 1.54) is 0 Å². The Morgan fingerprint density at radius 1 is 1.22 bits per heavy atom. The summed E-state index contributed by atoms with van der Waals surface area (Å²) in [4.78, 5) is 37.9. The van der Waals surface area contributed by atoms with Gasteiger partial charge in [-0.3, -0.25) is 14.1 Å². The van der Waals surface area contributed by atoms with Crippen LogP contribution in [-0.2, 0) is 4.79 Å².